The molecule has 0 aliphatic carbocycles. The van der Waals surface area contributed by atoms with Crippen molar-refractivity contribution >= 4 is 15.4 Å². The van der Waals surface area contributed by atoms with E-state index >= 15 is 0 Å². The summed E-state index contributed by atoms with van der Waals surface area (Å²) in [7, 11) is -1.20. The second-order valence-corrected chi connectivity index (χ2v) is 7.21. The summed E-state index contributed by atoms with van der Waals surface area (Å²) in [6, 6.07) is 3.85. The lowest BCUT2D eigenvalue weighted by atomic mass is 10.0. The van der Waals surface area contributed by atoms with Crippen LogP contribution < -0.4 is 4.74 Å². The molecule has 1 fully saturated rings. The molecule has 2 aromatic heterocycles. The smallest absolute Gasteiger partial charge is 0.150 e. The molecular weight excluding hydrogens is 264 g/mol. The van der Waals surface area contributed by atoms with E-state index in [1.807, 2.05) is 28.9 Å². The molecule has 5 nitrogen and oxygen atoms in total. The van der Waals surface area contributed by atoms with Crippen molar-refractivity contribution in [1.82, 2.24) is 9.38 Å². The molecule has 0 aromatic carbocycles. The van der Waals surface area contributed by atoms with Crippen molar-refractivity contribution in [3.63, 3.8) is 0 Å². The molecule has 0 unspecified atom stereocenters. The summed E-state index contributed by atoms with van der Waals surface area (Å²) in [6.07, 6.45) is 5.02. The molecule has 0 amide bonds. The fraction of sp³-hybridized carbons (Fsp3) is 0.462. The minimum absolute atomic E-state index is 0.207. The van der Waals surface area contributed by atoms with E-state index in [0.29, 0.717) is 12.8 Å². The molecular formula is C13H16N2O3S. The normalized spacial score (nSPS) is 19.6. The molecule has 102 valence electrons. The third kappa shape index (κ3) is 2.32. The van der Waals surface area contributed by atoms with Gasteiger partial charge in [-0.3, -0.25) is 4.40 Å². The molecule has 1 saturated heterocycles. The Balaban J connectivity index is 1.97. The quantitative estimate of drug-likeness (QED) is 0.839. The number of methoxy groups -OCH3 is 1. The summed E-state index contributed by atoms with van der Waals surface area (Å²) < 4.78 is 30.2. The molecule has 1 aliphatic rings. The van der Waals surface area contributed by atoms with Crippen LogP contribution in [0.15, 0.2) is 24.5 Å². The van der Waals surface area contributed by atoms with Crippen LogP contribution in [0.3, 0.4) is 0 Å². The standard InChI is InChI=1S/C13H16N2O3S/c1-18-12-3-2-11-8-14-13(15(11)9-12)10-4-6-19(16,17)7-5-10/h2-3,8-10H,4-7H2,1H3. The molecule has 19 heavy (non-hydrogen) atoms. The topological polar surface area (TPSA) is 60.7 Å². The third-order valence-corrected chi connectivity index (χ3v) is 5.40. The zero-order valence-corrected chi connectivity index (χ0v) is 11.6. The van der Waals surface area contributed by atoms with Crippen LogP contribution in [-0.2, 0) is 9.84 Å². The van der Waals surface area contributed by atoms with Crippen LogP contribution in [0.5, 0.6) is 5.75 Å². The number of imidazole rings is 1. The van der Waals surface area contributed by atoms with Gasteiger partial charge in [-0.2, -0.15) is 0 Å². The van der Waals surface area contributed by atoms with Crippen LogP contribution in [-0.4, -0.2) is 36.4 Å². The fourth-order valence-corrected chi connectivity index (χ4v) is 4.05. The first-order chi connectivity index (χ1) is 9.09. The minimum Gasteiger partial charge on any atom is -0.495 e. The molecule has 1 aliphatic heterocycles. The van der Waals surface area contributed by atoms with Gasteiger partial charge in [0.25, 0.3) is 0 Å². The van der Waals surface area contributed by atoms with E-state index < -0.39 is 9.84 Å². The number of sulfone groups is 1. The molecule has 0 atom stereocenters. The highest BCUT2D eigenvalue weighted by Gasteiger charge is 2.27. The summed E-state index contributed by atoms with van der Waals surface area (Å²) in [5.74, 6) is 2.43. The van der Waals surface area contributed by atoms with E-state index in [9.17, 15) is 8.42 Å². The Labute approximate surface area is 112 Å². The number of hydrogen-bond donors (Lipinski definition) is 0. The molecule has 0 radical (unpaired) electrons. The second kappa shape index (κ2) is 4.52. The zero-order chi connectivity index (χ0) is 13.5. The Morgan fingerprint density at radius 2 is 2.05 bits per heavy atom. The number of ether oxygens (including phenoxy) is 1. The Morgan fingerprint density at radius 3 is 2.74 bits per heavy atom. The van der Waals surface area contributed by atoms with E-state index in [1.165, 1.54) is 0 Å². The van der Waals surface area contributed by atoms with Gasteiger partial charge in [0, 0.05) is 5.92 Å². The summed E-state index contributed by atoms with van der Waals surface area (Å²) in [5.41, 5.74) is 1.00. The molecule has 6 heteroatoms. The average molecular weight is 280 g/mol. The Morgan fingerprint density at radius 1 is 1.32 bits per heavy atom. The van der Waals surface area contributed by atoms with E-state index in [1.54, 1.807) is 7.11 Å². The lowest BCUT2D eigenvalue weighted by Crippen LogP contribution is -2.23. The number of pyridine rings is 1. The number of fused-ring (bicyclic) bond motifs is 1. The van der Waals surface area contributed by atoms with Gasteiger partial charge >= 0.3 is 0 Å². The Kier molecular flexibility index (Phi) is 2.97. The van der Waals surface area contributed by atoms with Crippen molar-refractivity contribution in [1.29, 1.82) is 0 Å². The first-order valence-electron chi connectivity index (χ1n) is 6.30. The highest BCUT2D eigenvalue weighted by atomic mass is 32.2. The van der Waals surface area contributed by atoms with Crippen LogP contribution in [0.1, 0.15) is 24.6 Å². The van der Waals surface area contributed by atoms with Crippen molar-refractivity contribution < 1.29 is 13.2 Å². The van der Waals surface area contributed by atoms with Gasteiger partial charge in [0.2, 0.25) is 0 Å². The van der Waals surface area contributed by atoms with Crippen molar-refractivity contribution in [2.75, 3.05) is 18.6 Å². The molecule has 3 heterocycles. The molecule has 3 rings (SSSR count). The van der Waals surface area contributed by atoms with Gasteiger partial charge in [-0.25, -0.2) is 13.4 Å². The lowest BCUT2D eigenvalue weighted by molar-refractivity contribution is 0.411. The number of aromatic nitrogens is 2. The third-order valence-electron chi connectivity index (χ3n) is 3.68. The van der Waals surface area contributed by atoms with Gasteiger partial charge in [0.1, 0.15) is 21.4 Å². The zero-order valence-electron chi connectivity index (χ0n) is 10.7. The molecule has 0 bridgehead atoms. The molecule has 0 saturated carbocycles. The van der Waals surface area contributed by atoms with E-state index in [-0.39, 0.29) is 17.4 Å². The maximum Gasteiger partial charge on any atom is 0.150 e. The summed E-state index contributed by atoms with van der Waals surface area (Å²) in [6.45, 7) is 0. The van der Waals surface area contributed by atoms with Crippen LogP contribution in [0.4, 0.5) is 0 Å². The highest BCUT2D eigenvalue weighted by Crippen LogP contribution is 2.29. The average Bonchev–Trinajstić information content (AvgIpc) is 2.81. The molecule has 2 aromatic rings. The minimum atomic E-state index is -2.83. The number of hydrogen-bond acceptors (Lipinski definition) is 4. The molecule has 0 N–H and O–H groups in total. The van der Waals surface area contributed by atoms with Gasteiger partial charge in [-0.15, -0.1) is 0 Å². The second-order valence-electron chi connectivity index (χ2n) is 4.91. The van der Waals surface area contributed by atoms with Crippen LogP contribution in [0.2, 0.25) is 0 Å². The largest absolute Gasteiger partial charge is 0.495 e. The predicted octanol–water partition coefficient (Wildman–Crippen LogP) is 1.64. The van der Waals surface area contributed by atoms with Gasteiger partial charge in [-0.05, 0) is 25.0 Å². The summed E-state index contributed by atoms with van der Waals surface area (Å²) >= 11 is 0. The lowest BCUT2D eigenvalue weighted by Gasteiger charge is -2.21. The van der Waals surface area contributed by atoms with E-state index in [0.717, 1.165) is 17.1 Å². The van der Waals surface area contributed by atoms with Crippen LogP contribution in [0.25, 0.3) is 5.52 Å². The van der Waals surface area contributed by atoms with Crippen LogP contribution in [0, 0.1) is 0 Å². The van der Waals surface area contributed by atoms with Crippen molar-refractivity contribution in [3.05, 3.63) is 30.4 Å². The maximum absolute atomic E-state index is 11.5. The first kappa shape index (κ1) is 12.5. The highest BCUT2D eigenvalue weighted by molar-refractivity contribution is 7.91. The fourth-order valence-electron chi connectivity index (χ4n) is 2.56. The Bertz CT molecular complexity index is 692. The van der Waals surface area contributed by atoms with Crippen LogP contribution >= 0.6 is 0 Å². The Hall–Kier alpha value is -1.56. The number of nitrogens with zero attached hydrogens (tertiary/aromatic N) is 2. The molecule has 0 spiro atoms. The predicted molar refractivity (Wildman–Crippen MR) is 72.4 cm³/mol. The summed E-state index contributed by atoms with van der Waals surface area (Å²) in [5, 5.41) is 0. The van der Waals surface area contributed by atoms with Gasteiger partial charge in [0.05, 0.1) is 36.5 Å². The van der Waals surface area contributed by atoms with E-state index in [2.05, 4.69) is 4.98 Å². The first-order valence-corrected chi connectivity index (χ1v) is 8.12. The monoisotopic (exact) mass is 280 g/mol. The van der Waals surface area contributed by atoms with Gasteiger partial charge in [-0.1, -0.05) is 0 Å². The van der Waals surface area contributed by atoms with Crippen molar-refractivity contribution in [3.8, 4) is 5.75 Å². The van der Waals surface area contributed by atoms with Crippen molar-refractivity contribution in [2.45, 2.75) is 18.8 Å². The van der Waals surface area contributed by atoms with Gasteiger partial charge < -0.3 is 4.74 Å². The van der Waals surface area contributed by atoms with Gasteiger partial charge in [0.15, 0.2) is 0 Å². The van der Waals surface area contributed by atoms with Crippen molar-refractivity contribution in [2.24, 2.45) is 0 Å². The number of rotatable bonds is 2. The SMILES string of the molecule is COc1ccc2cnc(C3CCS(=O)(=O)CC3)n2c1. The van der Waals surface area contributed by atoms with E-state index in [4.69, 9.17) is 4.74 Å². The maximum atomic E-state index is 11.5. The summed E-state index contributed by atoms with van der Waals surface area (Å²) in [4.78, 5) is 4.45.